The molecule has 0 aliphatic rings. The van der Waals surface area contributed by atoms with Gasteiger partial charge in [-0.15, -0.1) is 11.3 Å². The summed E-state index contributed by atoms with van der Waals surface area (Å²) in [6.45, 7) is 1.35. The van der Waals surface area contributed by atoms with Crippen LogP contribution in [0.5, 0.6) is 0 Å². The van der Waals surface area contributed by atoms with Crippen molar-refractivity contribution in [3.63, 3.8) is 0 Å². The minimum absolute atomic E-state index is 0.211. The topological polar surface area (TPSA) is 24.9 Å². The van der Waals surface area contributed by atoms with E-state index in [4.69, 9.17) is 0 Å². The molecule has 0 aliphatic carbocycles. The van der Waals surface area contributed by atoms with Crippen LogP contribution in [0.15, 0.2) is 54.7 Å². The molecule has 118 valence electrons. The maximum Gasteiger partial charge on any atom is 0.131 e. The molecule has 1 N–H and O–H groups in total. The summed E-state index contributed by atoms with van der Waals surface area (Å²) in [4.78, 5) is 5.15. The molecule has 0 saturated carbocycles. The molecule has 0 radical (unpaired) electrons. The third-order valence-electron chi connectivity index (χ3n) is 3.45. The highest BCUT2D eigenvalue weighted by Gasteiger charge is 2.08. The first-order valence-electron chi connectivity index (χ1n) is 7.37. The second-order valence-corrected chi connectivity index (χ2v) is 6.27. The summed E-state index contributed by atoms with van der Waals surface area (Å²) in [5, 5.41) is 4.19. The average Bonchev–Trinajstić information content (AvgIpc) is 3.01. The summed E-state index contributed by atoms with van der Waals surface area (Å²) in [6, 6.07) is 13.3. The Morgan fingerprint density at radius 2 is 1.91 bits per heavy atom. The molecule has 0 unspecified atom stereocenters. The van der Waals surface area contributed by atoms with Gasteiger partial charge in [-0.1, -0.05) is 30.3 Å². The van der Waals surface area contributed by atoms with Crippen molar-refractivity contribution < 1.29 is 8.78 Å². The molecule has 1 heterocycles. The van der Waals surface area contributed by atoms with Gasteiger partial charge in [0.15, 0.2) is 0 Å². The van der Waals surface area contributed by atoms with Crippen molar-refractivity contribution >= 4 is 11.3 Å². The van der Waals surface area contributed by atoms with Crippen LogP contribution in [-0.2, 0) is 13.0 Å². The van der Waals surface area contributed by atoms with E-state index in [2.05, 4.69) is 10.3 Å². The standard InChI is InChI=1S/C18H16F2N2S/c19-14-5-3-4-13(10-14)8-9-21-12-18-22-11-17(23-18)15-6-1-2-7-16(15)20/h1-7,10-11,21H,8-9,12H2. The van der Waals surface area contributed by atoms with Crippen LogP contribution in [0.4, 0.5) is 8.78 Å². The highest BCUT2D eigenvalue weighted by atomic mass is 32.1. The molecule has 0 amide bonds. The minimum Gasteiger partial charge on any atom is -0.310 e. The number of hydrogen-bond acceptors (Lipinski definition) is 3. The molecule has 2 aromatic carbocycles. The van der Waals surface area contributed by atoms with Gasteiger partial charge in [0.05, 0.1) is 4.88 Å². The van der Waals surface area contributed by atoms with Crippen LogP contribution >= 0.6 is 11.3 Å². The van der Waals surface area contributed by atoms with E-state index in [0.717, 1.165) is 28.4 Å². The Labute approximate surface area is 137 Å². The normalized spacial score (nSPS) is 10.9. The van der Waals surface area contributed by atoms with Crippen molar-refractivity contribution in [3.8, 4) is 10.4 Å². The molecule has 0 atom stereocenters. The summed E-state index contributed by atoms with van der Waals surface area (Å²) in [5.74, 6) is -0.446. The first-order chi connectivity index (χ1) is 11.2. The van der Waals surface area contributed by atoms with Crippen LogP contribution in [0, 0.1) is 11.6 Å². The second-order valence-electron chi connectivity index (χ2n) is 5.15. The molecule has 23 heavy (non-hydrogen) atoms. The van der Waals surface area contributed by atoms with E-state index < -0.39 is 0 Å². The number of nitrogens with one attached hydrogen (secondary N) is 1. The van der Waals surface area contributed by atoms with E-state index in [1.165, 1.54) is 23.5 Å². The largest absolute Gasteiger partial charge is 0.310 e. The molecule has 2 nitrogen and oxygen atoms in total. The van der Waals surface area contributed by atoms with Gasteiger partial charge in [-0.3, -0.25) is 0 Å². The monoisotopic (exact) mass is 330 g/mol. The summed E-state index contributed by atoms with van der Waals surface area (Å²) in [5.41, 5.74) is 1.54. The van der Waals surface area contributed by atoms with Gasteiger partial charge < -0.3 is 5.32 Å². The number of hydrogen-bond donors (Lipinski definition) is 1. The molecule has 3 aromatic rings. The van der Waals surface area contributed by atoms with E-state index in [1.54, 1.807) is 30.5 Å². The van der Waals surface area contributed by atoms with E-state index in [1.807, 2.05) is 12.1 Å². The summed E-state index contributed by atoms with van der Waals surface area (Å²) in [6.07, 6.45) is 2.45. The van der Waals surface area contributed by atoms with E-state index in [9.17, 15) is 8.78 Å². The van der Waals surface area contributed by atoms with Crippen molar-refractivity contribution in [2.75, 3.05) is 6.54 Å². The van der Waals surface area contributed by atoms with Gasteiger partial charge in [0.1, 0.15) is 16.6 Å². The van der Waals surface area contributed by atoms with Crippen LogP contribution in [0.25, 0.3) is 10.4 Å². The third-order valence-corrected chi connectivity index (χ3v) is 4.48. The predicted octanol–water partition coefficient (Wildman–Crippen LogP) is 4.42. The van der Waals surface area contributed by atoms with Crippen LogP contribution < -0.4 is 5.32 Å². The Kier molecular flexibility index (Phi) is 5.10. The molecule has 0 aliphatic heterocycles. The predicted molar refractivity (Wildman–Crippen MR) is 89.3 cm³/mol. The van der Waals surface area contributed by atoms with Gasteiger partial charge in [-0.2, -0.15) is 0 Å². The summed E-state index contributed by atoms with van der Waals surface area (Å²) < 4.78 is 26.8. The molecule has 0 fully saturated rings. The Morgan fingerprint density at radius 3 is 2.74 bits per heavy atom. The summed E-state index contributed by atoms with van der Waals surface area (Å²) >= 11 is 1.48. The van der Waals surface area contributed by atoms with Crippen LogP contribution in [-0.4, -0.2) is 11.5 Å². The molecule has 1 aromatic heterocycles. The minimum atomic E-state index is -0.234. The molecule has 3 rings (SSSR count). The fraction of sp³-hybridized carbons (Fsp3) is 0.167. The van der Waals surface area contributed by atoms with Crippen LogP contribution in [0.2, 0.25) is 0 Å². The zero-order valence-corrected chi connectivity index (χ0v) is 13.2. The maximum absolute atomic E-state index is 13.7. The second kappa shape index (κ2) is 7.44. The number of benzene rings is 2. The SMILES string of the molecule is Fc1cccc(CCNCc2ncc(-c3ccccc3F)s2)c1. The highest BCUT2D eigenvalue weighted by Crippen LogP contribution is 2.28. The highest BCUT2D eigenvalue weighted by molar-refractivity contribution is 7.15. The van der Waals surface area contributed by atoms with Crippen molar-refractivity contribution in [2.45, 2.75) is 13.0 Å². The average molecular weight is 330 g/mol. The molecule has 0 spiro atoms. The number of nitrogens with zero attached hydrogens (tertiary/aromatic N) is 1. The first-order valence-corrected chi connectivity index (χ1v) is 8.19. The fourth-order valence-electron chi connectivity index (χ4n) is 2.30. The van der Waals surface area contributed by atoms with Gasteiger partial charge in [0.2, 0.25) is 0 Å². The zero-order valence-electron chi connectivity index (χ0n) is 12.4. The molecular formula is C18H16F2N2S. The number of rotatable bonds is 6. The number of thiazole rings is 1. The smallest absolute Gasteiger partial charge is 0.131 e. The van der Waals surface area contributed by atoms with Crippen LogP contribution in [0.1, 0.15) is 10.6 Å². The van der Waals surface area contributed by atoms with E-state index in [-0.39, 0.29) is 11.6 Å². The zero-order chi connectivity index (χ0) is 16.1. The lowest BCUT2D eigenvalue weighted by molar-refractivity contribution is 0.622. The lowest BCUT2D eigenvalue weighted by Crippen LogP contribution is -2.16. The Balaban J connectivity index is 1.53. The fourth-order valence-corrected chi connectivity index (χ4v) is 3.21. The first kappa shape index (κ1) is 15.8. The lowest BCUT2D eigenvalue weighted by Gasteiger charge is -2.03. The number of aromatic nitrogens is 1. The van der Waals surface area contributed by atoms with Crippen molar-refractivity contribution in [3.05, 3.63) is 76.9 Å². The van der Waals surface area contributed by atoms with E-state index in [0.29, 0.717) is 12.1 Å². The third kappa shape index (κ3) is 4.21. The lowest BCUT2D eigenvalue weighted by atomic mass is 10.1. The van der Waals surface area contributed by atoms with Crippen molar-refractivity contribution in [1.82, 2.24) is 10.3 Å². The summed E-state index contributed by atoms with van der Waals surface area (Å²) in [7, 11) is 0. The van der Waals surface area contributed by atoms with Gasteiger partial charge in [0.25, 0.3) is 0 Å². The maximum atomic E-state index is 13.7. The molecule has 0 bridgehead atoms. The van der Waals surface area contributed by atoms with Gasteiger partial charge in [-0.05, 0) is 36.7 Å². The molecule has 0 saturated heterocycles. The van der Waals surface area contributed by atoms with Gasteiger partial charge >= 0.3 is 0 Å². The van der Waals surface area contributed by atoms with Crippen LogP contribution in [0.3, 0.4) is 0 Å². The molecule has 5 heteroatoms. The quantitative estimate of drug-likeness (QED) is 0.677. The molecular weight excluding hydrogens is 314 g/mol. The Hall–Kier alpha value is -2.11. The van der Waals surface area contributed by atoms with E-state index >= 15 is 0 Å². The van der Waals surface area contributed by atoms with Crippen molar-refractivity contribution in [1.29, 1.82) is 0 Å². The van der Waals surface area contributed by atoms with Crippen molar-refractivity contribution in [2.24, 2.45) is 0 Å². The Bertz CT molecular complexity index is 786. The van der Waals surface area contributed by atoms with Gasteiger partial charge in [0, 0.05) is 18.3 Å². The Morgan fingerprint density at radius 1 is 1.04 bits per heavy atom. The number of halogens is 2. The van der Waals surface area contributed by atoms with Gasteiger partial charge in [-0.25, -0.2) is 13.8 Å².